The zero-order chi connectivity index (χ0) is 19.7. The normalized spacial score (nSPS) is 15.1. The molecule has 9 heteroatoms. The van der Waals surface area contributed by atoms with E-state index in [1.165, 1.54) is 22.9 Å². The Kier molecular flexibility index (Phi) is 5.25. The molecule has 0 spiro atoms. The van der Waals surface area contributed by atoms with Crippen LogP contribution in [-0.2, 0) is 6.54 Å². The Hall–Kier alpha value is -2.55. The highest BCUT2D eigenvalue weighted by Crippen LogP contribution is 2.26. The smallest absolute Gasteiger partial charge is 0.282 e. The number of halogens is 1. The van der Waals surface area contributed by atoms with E-state index in [0.717, 1.165) is 17.1 Å². The number of nitro groups is 1. The first kappa shape index (κ1) is 18.8. The predicted molar refractivity (Wildman–Crippen MR) is 109 cm³/mol. The van der Waals surface area contributed by atoms with Crippen LogP contribution in [0, 0.1) is 10.1 Å². The summed E-state index contributed by atoms with van der Waals surface area (Å²) in [5.74, 6) is -0.353. The number of hydrogen-bond donors (Lipinski definition) is 0. The van der Waals surface area contributed by atoms with Gasteiger partial charge in [-0.05, 0) is 24.3 Å². The van der Waals surface area contributed by atoms with Crippen molar-refractivity contribution in [1.82, 2.24) is 14.8 Å². The summed E-state index contributed by atoms with van der Waals surface area (Å²) in [7, 11) is 0. The van der Waals surface area contributed by atoms with Crippen molar-refractivity contribution in [3.63, 3.8) is 0 Å². The molecule has 2 aromatic carbocycles. The number of carbonyl (C=O) groups excluding carboxylic acids is 1. The molecule has 1 saturated heterocycles. The van der Waals surface area contributed by atoms with E-state index in [2.05, 4.69) is 16.0 Å². The van der Waals surface area contributed by atoms with E-state index < -0.39 is 4.92 Å². The molecule has 1 aliphatic heterocycles. The van der Waals surface area contributed by atoms with E-state index >= 15 is 0 Å². The van der Waals surface area contributed by atoms with Gasteiger partial charge in [-0.25, -0.2) is 4.98 Å². The standard InChI is InChI=1S/C19H17ClN4O3S/c20-13-5-6-16(24(26)27)14(11-13)19(25)23-9-7-22(8-10-23)12-18-21-15-3-1-2-4-17(15)28-18/h1-6,11H,7-10,12H2. The van der Waals surface area contributed by atoms with Crippen molar-refractivity contribution in [3.8, 4) is 0 Å². The number of piperazine rings is 1. The van der Waals surface area contributed by atoms with Crippen molar-refractivity contribution in [1.29, 1.82) is 0 Å². The van der Waals surface area contributed by atoms with E-state index in [-0.39, 0.29) is 17.2 Å². The molecule has 0 atom stereocenters. The maximum Gasteiger partial charge on any atom is 0.282 e. The van der Waals surface area contributed by atoms with Gasteiger partial charge in [-0.3, -0.25) is 19.8 Å². The number of benzene rings is 2. The average Bonchev–Trinajstić information content (AvgIpc) is 3.10. The Bertz CT molecular complexity index is 1010. The monoisotopic (exact) mass is 416 g/mol. The molecule has 0 radical (unpaired) electrons. The minimum atomic E-state index is -0.549. The number of para-hydroxylation sites is 1. The summed E-state index contributed by atoms with van der Waals surface area (Å²) < 4.78 is 1.17. The van der Waals surface area contributed by atoms with Crippen LogP contribution >= 0.6 is 22.9 Å². The highest BCUT2D eigenvalue weighted by molar-refractivity contribution is 7.18. The van der Waals surface area contributed by atoms with E-state index in [9.17, 15) is 14.9 Å². The van der Waals surface area contributed by atoms with Gasteiger partial charge >= 0.3 is 0 Å². The van der Waals surface area contributed by atoms with Gasteiger partial charge in [0.25, 0.3) is 11.6 Å². The second-order valence-electron chi connectivity index (χ2n) is 6.56. The van der Waals surface area contributed by atoms with Gasteiger partial charge in [0.2, 0.25) is 0 Å². The van der Waals surface area contributed by atoms with E-state index in [0.29, 0.717) is 31.2 Å². The molecule has 4 rings (SSSR count). The molecule has 28 heavy (non-hydrogen) atoms. The lowest BCUT2D eigenvalue weighted by Crippen LogP contribution is -2.48. The molecule has 0 aliphatic carbocycles. The van der Waals surface area contributed by atoms with E-state index in [1.807, 2.05) is 18.2 Å². The average molecular weight is 417 g/mol. The molecule has 1 amide bonds. The number of hydrogen-bond acceptors (Lipinski definition) is 6. The summed E-state index contributed by atoms with van der Waals surface area (Å²) >= 11 is 7.62. The number of nitrogens with zero attached hydrogens (tertiary/aromatic N) is 4. The van der Waals surface area contributed by atoms with Crippen LogP contribution in [0.4, 0.5) is 5.69 Å². The van der Waals surface area contributed by atoms with Gasteiger partial charge in [0.15, 0.2) is 0 Å². The third-order valence-corrected chi connectivity index (χ3v) is 6.00. The molecule has 3 aromatic rings. The Morgan fingerprint density at radius 3 is 2.64 bits per heavy atom. The molecule has 0 N–H and O–H groups in total. The van der Waals surface area contributed by atoms with Crippen molar-refractivity contribution in [2.75, 3.05) is 26.2 Å². The SMILES string of the molecule is O=C(c1cc(Cl)ccc1[N+](=O)[O-])N1CCN(Cc2nc3ccccc3s2)CC1. The van der Waals surface area contributed by atoms with E-state index in [4.69, 9.17) is 11.6 Å². The number of nitro benzene ring substituents is 1. The molecular formula is C19H17ClN4O3S. The minimum absolute atomic E-state index is 0.0390. The zero-order valence-corrected chi connectivity index (χ0v) is 16.4. The third kappa shape index (κ3) is 3.84. The molecule has 1 aromatic heterocycles. The summed E-state index contributed by atoms with van der Waals surface area (Å²) in [5, 5.41) is 12.6. The quantitative estimate of drug-likeness (QED) is 0.477. The molecule has 2 heterocycles. The summed E-state index contributed by atoms with van der Waals surface area (Å²) in [6, 6.07) is 12.1. The van der Waals surface area contributed by atoms with Gasteiger partial charge in [-0.2, -0.15) is 0 Å². The molecule has 0 bridgehead atoms. The predicted octanol–water partition coefficient (Wildman–Crippen LogP) is 3.82. The van der Waals surface area contributed by atoms with E-state index in [1.54, 1.807) is 16.2 Å². The van der Waals surface area contributed by atoms with Crippen LogP contribution in [0.25, 0.3) is 10.2 Å². The largest absolute Gasteiger partial charge is 0.336 e. The molecular weight excluding hydrogens is 400 g/mol. The van der Waals surface area contributed by atoms with Crippen LogP contribution in [0.15, 0.2) is 42.5 Å². The molecule has 1 aliphatic rings. The third-order valence-electron chi connectivity index (χ3n) is 4.74. The molecule has 0 saturated carbocycles. The Morgan fingerprint density at radius 2 is 1.93 bits per heavy atom. The van der Waals surface area contributed by atoms with Crippen molar-refractivity contribution in [2.24, 2.45) is 0 Å². The van der Waals surface area contributed by atoms with Crippen molar-refractivity contribution >= 4 is 44.7 Å². The van der Waals surface area contributed by atoms with Gasteiger partial charge in [0.05, 0.1) is 21.7 Å². The van der Waals surface area contributed by atoms with Crippen molar-refractivity contribution in [2.45, 2.75) is 6.54 Å². The van der Waals surface area contributed by atoms with Gasteiger partial charge in [0.1, 0.15) is 10.6 Å². The fourth-order valence-corrected chi connectivity index (χ4v) is 4.48. The number of carbonyl (C=O) groups is 1. The van der Waals surface area contributed by atoms with Crippen LogP contribution < -0.4 is 0 Å². The summed E-state index contributed by atoms with van der Waals surface area (Å²) in [6.45, 7) is 3.13. The number of fused-ring (bicyclic) bond motifs is 1. The Morgan fingerprint density at radius 1 is 1.18 bits per heavy atom. The number of rotatable bonds is 4. The first-order valence-electron chi connectivity index (χ1n) is 8.81. The molecule has 0 unspecified atom stereocenters. The van der Waals surface area contributed by atoms with Crippen LogP contribution in [0.5, 0.6) is 0 Å². The van der Waals surface area contributed by atoms with Crippen molar-refractivity contribution in [3.05, 3.63) is 68.2 Å². The molecule has 1 fully saturated rings. The first-order chi connectivity index (χ1) is 13.5. The second kappa shape index (κ2) is 7.83. The van der Waals surface area contributed by atoms with Crippen molar-refractivity contribution < 1.29 is 9.72 Å². The highest BCUT2D eigenvalue weighted by Gasteiger charge is 2.28. The van der Waals surface area contributed by atoms with Crippen LogP contribution in [0.2, 0.25) is 5.02 Å². The maximum atomic E-state index is 12.8. The highest BCUT2D eigenvalue weighted by atomic mass is 35.5. The summed E-state index contributed by atoms with van der Waals surface area (Å²) in [4.78, 5) is 32.0. The Balaban J connectivity index is 1.42. The maximum absolute atomic E-state index is 12.8. The molecule has 144 valence electrons. The van der Waals surface area contributed by atoms with Gasteiger partial charge < -0.3 is 4.90 Å². The first-order valence-corrected chi connectivity index (χ1v) is 10.0. The summed E-state index contributed by atoms with van der Waals surface area (Å²) in [5.41, 5.74) is 0.827. The fourth-order valence-electron chi connectivity index (χ4n) is 3.30. The lowest BCUT2D eigenvalue weighted by molar-refractivity contribution is -0.385. The van der Waals surface area contributed by atoms with Gasteiger partial charge in [-0.1, -0.05) is 23.7 Å². The Labute approximate surface area is 170 Å². The second-order valence-corrected chi connectivity index (χ2v) is 8.11. The topological polar surface area (TPSA) is 79.6 Å². The minimum Gasteiger partial charge on any atom is -0.336 e. The van der Waals surface area contributed by atoms with Gasteiger partial charge in [0, 0.05) is 37.3 Å². The lowest BCUT2D eigenvalue weighted by atomic mass is 10.1. The van der Waals surface area contributed by atoms with Crippen LogP contribution in [-0.4, -0.2) is 51.8 Å². The van der Waals surface area contributed by atoms with Gasteiger partial charge in [-0.15, -0.1) is 11.3 Å². The fraction of sp³-hybridized carbons (Fsp3) is 0.263. The number of amides is 1. The molecule has 7 nitrogen and oxygen atoms in total. The lowest BCUT2D eigenvalue weighted by Gasteiger charge is -2.34. The van der Waals surface area contributed by atoms with Crippen LogP contribution in [0.1, 0.15) is 15.4 Å². The zero-order valence-electron chi connectivity index (χ0n) is 14.9. The number of aromatic nitrogens is 1. The van der Waals surface area contributed by atoms with Crippen LogP contribution in [0.3, 0.4) is 0 Å². The summed E-state index contributed by atoms with van der Waals surface area (Å²) in [6.07, 6.45) is 0. The number of thiazole rings is 1.